The third-order valence-electron chi connectivity index (χ3n) is 4.65. The Hall–Kier alpha value is -2.67. The second kappa shape index (κ2) is 8.56. The van der Waals surface area contributed by atoms with Gasteiger partial charge in [0.05, 0.1) is 24.4 Å². The van der Waals surface area contributed by atoms with Gasteiger partial charge in [-0.1, -0.05) is 19.1 Å². The van der Waals surface area contributed by atoms with Crippen molar-refractivity contribution in [2.24, 2.45) is 0 Å². The molecule has 0 saturated carbocycles. The van der Waals surface area contributed by atoms with Crippen LogP contribution in [-0.2, 0) is 9.53 Å². The largest absolute Gasteiger partial charge is 0.494 e. The molecule has 0 aliphatic rings. The molecule has 0 aliphatic heterocycles. The van der Waals surface area contributed by atoms with Crippen molar-refractivity contribution in [1.29, 1.82) is 0 Å². The Kier molecular flexibility index (Phi) is 6.14. The SMILES string of the molecule is CCOc1ccc(-c2csc3ncn(C(C)C(=O)OC(C)CC)c(=O)c23)cc1. The van der Waals surface area contributed by atoms with E-state index in [1.54, 1.807) is 6.92 Å². The zero-order valence-corrected chi connectivity index (χ0v) is 17.3. The number of fused-ring (bicyclic) bond motifs is 1. The fourth-order valence-electron chi connectivity index (χ4n) is 2.82. The van der Waals surface area contributed by atoms with Gasteiger partial charge in [0.25, 0.3) is 5.56 Å². The molecule has 6 nitrogen and oxygen atoms in total. The molecular weight excluding hydrogens is 376 g/mol. The zero-order chi connectivity index (χ0) is 20.3. The monoisotopic (exact) mass is 400 g/mol. The van der Waals surface area contributed by atoms with Crippen LogP contribution in [0.15, 0.2) is 40.8 Å². The maximum absolute atomic E-state index is 13.2. The van der Waals surface area contributed by atoms with E-state index in [0.29, 0.717) is 16.8 Å². The fourth-order valence-corrected chi connectivity index (χ4v) is 3.73. The quantitative estimate of drug-likeness (QED) is 0.549. The number of hydrogen-bond acceptors (Lipinski definition) is 6. The summed E-state index contributed by atoms with van der Waals surface area (Å²) in [5, 5.41) is 2.43. The molecule has 2 aromatic heterocycles. The Morgan fingerprint density at radius 3 is 2.57 bits per heavy atom. The first-order chi connectivity index (χ1) is 13.5. The van der Waals surface area contributed by atoms with E-state index in [4.69, 9.17) is 9.47 Å². The van der Waals surface area contributed by atoms with E-state index < -0.39 is 12.0 Å². The number of carbonyl (C=O) groups excluding carboxylic acids is 1. The molecule has 0 amide bonds. The van der Waals surface area contributed by atoms with Crippen molar-refractivity contribution in [2.45, 2.75) is 46.3 Å². The summed E-state index contributed by atoms with van der Waals surface area (Å²) in [6.07, 6.45) is 1.95. The second-order valence-corrected chi connectivity index (χ2v) is 7.43. The number of carbonyl (C=O) groups is 1. The van der Waals surface area contributed by atoms with Crippen LogP contribution in [0.1, 0.15) is 40.2 Å². The van der Waals surface area contributed by atoms with Gasteiger partial charge in [-0.05, 0) is 44.9 Å². The second-order valence-electron chi connectivity index (χ2n) is 6.58. The molecule has 1 aromatic carbocycles. The molecule has 2 unspecified atom stereocenters. The van der Waals surface area contributed by atoms with Gasteiger partial charge in [-0.3, -0.25) is 9.36 Å². The summed E-state index contributed by atoms with van der Waals surface area (Å²) in [5.41, 5.74) is 1.46. The molecule has 0 bridgehead atoms. The molecule has 0 N–H and O–H groups in total. The van der Waals surface area contributed by atoms with Crippen molar-refractivity contribution in [3.8, 4) is 16.9 Å². The lowest BCUT2D eigenvalue weighted by atomic mass is 10.1. The van der Waals surface area contributed by atoms with Gasteiger partial charge in [0.1, 0.15) is 16.6 Å². The lowest BCUT2D eigenvalue weighted by molar-refractivity contribution is -0.152. The lowest BCUT2D eigenvalue weighted by Gasteiger charge is -2.17. The minimum absolute atomic E-state index is 0.192. The van der Waals surface area contributed by atoms with Gasteiger partial charge in [-0.25, -0.2) is 9.78 Å². The standard InChI is InChI=1S/C21H24N2O4S/c1-5-13(3)27-21(25)14(4)23-12-22-19-18(20(23)24)17(11-28-19)15-7-9-16(10-8-15)26-6-2/h7-14H,5-6H2,1-4H3. The maximum atomic E-state index is 13.2. The number of aromatic nitrogens is 2. The molecule has 0 fully saturated rings. The average molecular weight is 401 g/mol. The summed E-state index contributed by atoms with van der Waals surface area (Å²) < 4.78 is 12.2. The van der Waals surface area contributed by atoms with E-state index in [1.165, 1.54) is 22.2 Å². The summed E-state index contributed by atoms with van der Waals surface area (Å²) >= 11 is 1.41. The Morgan fingerprint density at radius 1 is 1.21 bits per heavy atom. The summed E-state index contributed by atoms with van der Waals surface area (Å²) in [4.78, 5) is 30.6. The van der Waals surface area contributed by atoms with Crippen molar-refractivity contribution in [3.05, 3.63) is 46.3 Å². The Bertz CT molecular complexity index is 1020. The van der Waals surface area contributed by atoms with Crippen LogP contribution in [0.25, 0.3) is 21.3 Å². The van der Waals surface area contributed by atoms with Crippen LogP contribution < -0.4 is 10.3 Å². The highest BCUT2D eigenvalue weighted by Crippen LogP contribution is 2.32. The van der Waals surface area contributed by atoms with Gasteiger partial charge in [-0.15, -0.1) is 11.3 Å². The van der Waals surface area contributed by atoms with Crippen LogP contribution in [0.2, 0.25) is 0 Å². The molecule has 2 heterocycles. The number of ether oxygens (including phenoxy) is 2. The van der Waals surface area contributed by atoms with Crippen LogP contribution in [0.5, 0.6) is 5.75 Å². The van der Waals surface area contributed by atoms with Crippen LogP contribution in [0, 0.1) is 0 Å². The number of hydrogen-bond donors (Lipinski definition) is 0. The van der Waals surface area contributed by atoms with Crippen LogP contribution in [0.4, 0.5) is 0 Å². The lowest BCUT2D eigenvalue weighted by Crippen LogP contribution is -2.31. The predicted molar refractivity (Wildman–Crippen MR) is 111 cm³/mol. The molecule has 7 heteroatoms. The summed E-state index contributed by atoms with van der Waals surface area (Å²) in [6.45, 7) is 7.96. The molecule has 28 heavy (non-hydrogen) atoms. The van der Waals surface area contributed by atoms with Gasteiger partial charge in [0, 0.05) is 10.9 Å². The van der Waals surface area contributed by atoms with Crippen LogP contribution in [0.3, 0.4) is 0 Å². The number of benzene rings is 1. The predicted octanol–water partition coefficient (Wildman–Crippen LogP) is 4.43. The third-order valence-corrected chi connectivity index (χ3v) is 5.53. The highest BCUT2D eigenvalue weighted by atomic mass is 32.1. The Labute approximate surface area is 167 Å². The highest BCUT2D eigenvalue weighted by Gasteiger charge is 2.22. The van der Waals surface area contributed by atoms with Gasteiger partial charge in [0.15, 0.2) is 0 Å². The number of esters is 1. The third kappa shape index (κ3) is 3.94. The molecule has 148 valence electrons. The minimum atomic E-state index is -0.744. The first kappa shape index (κ1) is 20.1. The maximum Gasteiger partial charge on any atom is 0.329 e. The van der Waals surface area contributed by atoms with E-state index in [9.17, 15) is 9.59 Å². The molecule has 3 rings (SSSR count). The molecule has 0 aliphatic carbocycles. The van der Waals surface area contributed by atoms with E-state index in [0.717, 1.165) is 23.3 Å². The van der Waals surface area contributed by atoms with Gasteiger partial charge >= 0.3 is 5.97 Å². The van der Waals surface area contributed by atoms with Gasteiger partial charge in [0.2, 0.25) is 0 Å². The van der Waals surface area contributed by atoms with Crippen LogP contribution >= 0.6 is 11.3 Å². The highest BCUT2D eigenvalue weighted by molar-refractivity contribution is 7.17. The van der Waals surface area contributed by atoms with Crippen molar-refractivity contribution >= 4 is 27.5 Å². The van der Waals surface area contributed by atoms with E-state index in [2.05, 4.69) is 4.98 Å². The first-order valence-corrected chi connectivity index (χ1v) is 10.3. The normalized spacial score (nSPS) is 13.3. The summed E-state index contributed by atoms with van der Waals surface area (Å²) in [7, 11) is 0. The fraction of sp³-hybridized carbons (Fsp3) is 0.381. The first-order valence-electron chi connectivity index (χ1n) is 9.38. The molecule has 0 saturated heterocycles. The molecule has 0 radical (unpaired) electrons. The van der Waals surface area contributed by atoms with E-state index in [-0.39, 0.29) is 11.7 Å². The smallest absolute Gasteiger partial charge is 0.329 e. The van der Waals surface area contributed by atoms with Crippen molar-refractivity contribution in [1.82, 2.24) is 9.55 Å². The minimum Gasteiger partial charge on any atom is -0.494 e. The Balaban J connectivity index is 2.00. The zero-order valence-electron chi connectivity index (χ0n) is 16.5. The van der Waals surface area contributed by atoms with Gasteiger partial charge < -0.3 is 9.47 Å². The number of thiophene rings is 1. The van der Waals surface area contributed by atoms with E-state index in [1.807, 2.05) is 50.4 Å². The number of nitrogens with zero attached hydrogens (tertiary/aromatic N) is 2. The average Bonchev–Trinajstić information content (AvgIpc) is 3.13. The molecule has 3 aromatic rings. The van der Waals surface area contributed by atoms with Gasteiger partial charge in [-0.2, -0.15) is 0 Å². The number of rotatable bonds is 7. The topological polar surface area (TPSA) is 70.4 Å². The van der Waals surface area contributed by atoms with Crippen molar-refractivity contribution in [3.63, 3.8) is 0 Å². The van der Waals surface area contributed by atoms with Crippen LogP contribution in [-0.4, -0.2) is 28.2 Å². The molecular formula is C21H24N2O4S. The summed E-state index contributed by atoms with van der Waals surface area (Å²) in [5.74, 6) is 0.346. The molecule has 0 spiro atoms. The van der Waals surface area contributed by atoms with E-state index >= 15 is 0 Å². The molecule has 2 atom stereocenters. The van der Waals surface area contributed by atoms with Crippen molar-refractivity contribution < 1.29 is 14.3 Å². The Morgan fingerprint density at radius 2 is 1.93 bits per heavy atom. The van der Waals surface area contributed by atoms with Crippen molar-refractivity contribution in [2.75, 3.05) is 6.61 Å². The summed E-state index contributed by atoms with van der Waals surface area (Å²) in [6, 6.07) is 6.85.